The van der Waals surface area contributed by atoms with Gasteiger partial charge in [-0.05, 0) is 29.9 Å². The Balaban J connectivity index is 2.26. The van der Waals surface area contributed by atoms with Gasteiger partial charge in [0.1, 0.15) is 12.0 Å². The van der Waals surface area contributed by atoms with Crippen LogP contribution in [0.5, 0.6) is 5.75 Å². The molecule has 0 aromatic heterocycles. The van der Waals surface area contributed by atoms with Crippen LogP contribution in [0.2, 0.25) is 0 Å². The molecular formula is C20H25NO4. The lowest BCUT2D eigenvalue weighted by atomic mass is 9.73. The molecule has 2 amide bonds. The number of imide groups is 1. The number of carbonyl (C=O) groups is 3. The third kappa shape index (κ3) is 4.35. The molecule has 1 aromatic carbocycles. The van der Waals surface area contributed by atoms with Gasteiger partial charge in [0.25, 0.3) is 11.8 Å². The molecule has 1 aliphatic heterocycles. The Morgan fingerprint density at radius 2 is 1.68 bits per heavy atom. The van der Waals surface area contributed by atoms with Crippen molar-refractivity contribution >= 4 is 23.8 Å². The first-order valence-electron chi connectivity index (χ1n) is 8.28. The van der Waals surface area contributed by atoms with Crippen molar-refractivity contribution in [3.63, 3.8) is 0 Å². The Morgan fingerprint density at radius 3 is 2.20 bits per heavy atom. The lowest BCUT2D eigenvalue weighted by molar-refractivity contribution is -0.120. The highest BCUT2D eigenvalue weighted by molar-refractivity contribution is 6.28. The molecule has 5 nitrogen and oxygen atoms in total. The minimum atomic E-state index is -0.392. The molecule has 0 unspecified atom stereocenters. The average molecular weight is 343 g/mol. The maximum atomic E-state index is 11.8. The molecule has 0 saturated carbocycles. The van der Waals surface area contributed by atoms with Crippen molar-refractivity contribution in [3.05, 3.63) is 35.9 Å². The van der Waals surface area contributed by atoms with Crippen LogP contribution in [-0.4, -0.2) is 25.2 Å². The lowest BCUT2D eigenvalue weighted by Crippen LogP contribution is -2.29. The SMILES string of the molecule is COc1cc(N2C(=O)C=CC2=O)ccc1CC(C)(C)CC(C)(C)C=O. The molecule has 0 N–H and O–H groups in total. The molecule has 5 heteroatoms. The molecule has 1 aromatic rings. The van der Waals surface area contributed by atoms with Crippen molar-refractivity contribution < 1.29 is 19.1 Å². The number of carbonyl (C=O) groups excluding carboxylic acids is 3. The number of anilines is 1. The molecule has 0 atom stereocenters. The van der Waals surface area contributed by atoms with Gasteiger partial charge in [0, 0.05) is 23.6 Å². The molecular weight excluding hydrogens is 318 g/mol. The quantitative estimate of drug-likeness (QED) is 0.563. The fraction of sp³-hybridized carbons (Fsp3) is 0.450. The summed E-state index contributed by atoms with van der Waals surface area (Å²) in [6.45, 7) is 8.09. The van der Waals surface area contributed by atoms with E-state index in [9.17, 15) is 14.4 Å². The fourth-order valence-corrected chi connectivity index (χ4v) is 3.53. The van der Waals surface area contributed by atoms with Crippen molar-refractivity contribution in [3.8, 4) is 5.75 Å². The minimum Gasteiger partial charge on any atom is -0.496 e. The predicted octanol–water partition coefficient (Wildman–Crippen LogP) is 3.31. The van der Waals surface area contributed by atoms with E-state index in [0.717, 1.165) is 23.2 Å². The van der Waals surface area contributed by atoms with Gasteiger partial charge in [-0.2, -0.15) is 0 Å². The van der Waals surface area contributed by atoms with Crippen LogP contribution in [0.4, 0.5) is 5.69 Å². The van der Waals surface area contributed by atoms with Crippen LogP contribution in [-0.2, 0) is 20.8 Å². The van der Waals surface area contributed by atoms with Gasteiger partial charge in [0.05, 0.1) is 12.8 Å². The van der Waals surface area contributed by atoms with Crippen molar-refractivity contribution in [2.75, 3.05) is 12.0 Å². The third-order valence-electron chi connectivity index (χ3n) is 4.26. The fourth-order valence-electron chi connectivity index (χ4n) is 3.53. The lowest BCUT2D eigenvalue weighted by Gasteiger charge is -2.32. The zero-order chi connectivity index (χ0) is 18.8. The summed E-state index contributed by atoms with van der Waals surface area (Å²) in [4.78, 5) is 36.0. The van der Waals surface area contributed by atoms with Gasteiger partial charge in [-0.25, -0.2) is 4.90 Å². The van der Waals surface area contributed by atoms with Gasteiger partial charge in [-0.1, -0.05) is 33.8 Å². The van der Waals surface area contributed by atoms with Gasteiger partial charge < -0.3 is 9.53 Å². The van der Waals surface area contributed by atoms with E-state index in [1.165, 1.54) is 12.2 Å². The largest absolute Gasteiger partial charge is 0.496 e. The maximum absolute atomic E-state index is 11.8. The molecule has 1 aliphatic rings. The van der Waals surface area contributed by atoms with E-state index < -0.39 is 5.41 Å². The van der Waals surface area contributed by atoms with Crippen LogP contribution >= 0.6 is 0 Å². The number of hydrogen-bond acceptors (Lipinski definition) is 4. The number of nitrogens with zero attached hydrogens (tertiary/aromatic N) is 1. The van der Waals surface area contributed by atoms with Crippen LogP contribution in [0.15, 0.2) is 30.4 Å². The van der Waals surface area contributed by atoms with Gasteiger partial charge in [-0.15, -0.1) is 0 Å². The standard InChI is InChI=1S/C20H25NO4/c1-19(2,12-20(3,4)13-22)11-14-6-7-15(10-16(14)25-5)21-17(23)8-9-18(21)24/h6-10,13H,11-12H2,1-5H3. The van der Waals surface area contributed by atoms with Gasteiger partial charge in [-0.3, -0.25) is 9.59 Å². The number of rotatable bonds is 7. The monoisotopic (exact) mass is 343 g/mol. The second-order valence-electron chi connectivity index (χ2n) is 7.97. The van der Waals surface area contributed by atoms with Crippen LogP contribution < -0.4 is 9.64 Å². The van der Waals surface area contributed by atoms with E-state index in [-0.39, 0.29) is 17.2 Å². The van der Waals surface area contributed by atoms with Crippen LogP contribution in [0.25, 0.3) is 0 Å². The summed E-state index contributed by atoms with van der Waals surface area (Å²) in [5.74, 6) is -0.0808. The summed E-state index contributed by atoms with van der Waals surface area (Å²) in [5, 5.41) is 0. The molecule has 0 bridgehead atoms. The first-order chi connectivity index (χ1) is 11.6. The zero-order valence-electron chi connectivity index (χ0n) is 15.5. The number of hydrogen-bond donors (Lipinski definition) is 0. The molecule has 0 radical (unpaired) electrons. The first-order valence-corrected chi connectivity index (χ1v) is 8.28. The van der Waals surface area contributed by atoms with E-state index in [4.69, 9.17) is 4.74 Å². The van der Waals surface area contributed by atoms with E-state index in [2.05, 4.69) is 13.8 Å². The maximum Gasteiger partial charge on any atom is 0.258 e. The normalized spacial score (nSPS) is 15.0. The van der Waals surface area contributed by atoms with Crippen LogP contribution in [0.3, 0.4) is 0 Å². The molecule has 134 valence electrons. The Bertz CT molecular complexity index is 713. The molecule has 25 heavy (non-hydrogen) atoms. The summed E-state index contributed by atoms with van der Waals surface area (Å²) < 4.78 is 5.48. The van der Waals surface area contributed by atoms with Crippen molar-refractivity contribution in [1.29, 1.82) is 0 Å². The highest BCUT2D eigenvalue weighted by Crippen LogP contribution is 2.38. The summed E-state index contributed by atoms with van der Waals surface area (Å²) >= 11 is 0. The van der Waals surface area contributed by atoms with Crippen molar-refractivity contribution in [1.82, 2.24) is 0 Å². The highest BCUT2D eigenvalue weighted by atomic mass is 16.5. The number of aldehydes is 1. The van der Waals surface area contributed by atoms with Crippen LogP contribution in [0.1, 0.15) is 39.7 Å². The summed E-state index contributed by atoms with van der Waals surface area (Å²) in [6.07, 6.45) is 4.96. The van der Waals surface area contributed by atoms with Crippen molar-refractivity contribution in [2.24, 2.45) is 10.8 Å². The smallest absolute Gasteiger partial charge is 0.258 e. The van der Waals surface area contributed by atoms with Crippen LogP contribution in [0, 0.1) is 10.8 Å². The number of amides is 2. The summed E-state index contributed by atoms with van der Waals surface area (Å²) in [7, 11) is 1.57. The minimum absolute atomic E-state index is 0.111. The van der Waals surface area contributed by atoms with Crippen molar-refractivity contribution in [2.45, 2.75) is 40.5 Å². The van der Waals surface area contributed by atoms with Gasteiger partial charge in [0.15, 0.2) is 0 Å². The molecule has 1 heterocycles. The molecule has 2 rings (SSSR count). The Hall–Kier alpha value is -2.43. The molecule has 0 saturated heterocycles. The Kier molecular flexibility index (Phi) is 5.16. The second kappa shape index (κ2) is 6.82. The second-order valence-corrected chi connectivity index (χ2v) is 7.97. The topological polar surface area (TPSA) is 63.7 Å². The molecule has 0 fully saturated rings. The average Bonchev–Trinajstić information content (AvgIpc) is 2.85. The first kappa shape index (κ1) is 18.9. The summed E-state index contributed by atoms with van der Waals surface area (Å²) in [5.41, 5.74) is 0.966. The number of methoxy groups -OCH3 is 1. The van der Waals surface area contributed by atoms with E-state index in [1.807, 2.05) is 19.9 Å². The van der Waals surface area contributed by atoms with Gasteiger partial charge >= 0.3 is 0 Å². The Morgan fingerprint density at radius 1 is 1.08 bits per heavy atom. The number of ether oxygens (including phenoxy) is 1. The summed E-state index contributed by atoms with van der Waals surface area (Å²) in [6, 6.07) is 5.34. The molecule has 0 aliphatic carbocycles. The van der Waals surface area contributed by atoms with E-state index in [0.29, 0.717) is 17.9 Å². The van der Waals surface area contributed by atoms with E-state index in [1.54, 1.807) is 19.2 Å². The molecule has 0 spiro atoms. The van der Waals surface area contributed by atoms with Gasteiger partial charge in [0.2, 0.25) is 0 Å². The zero-order valence-corrected chi connectivity index (χ0v) is 15.5. The Labute approximate surface area is 148 Å². The third-order valence-corrected chi connectivity index (χ3v) is 4.26. The van der Waals surface area contributed by atoms with E-state index >= 15 is 0 Å². The number of benzene rings is 1. The predicted molar refractivity (Wildman–Crippen MR) is 96.6 cm³/mol. The highest BCUT2D eigenvalue weighted by Gasteiger charge is 2.30.